The van der Waals surface area contributed by atoms with Crippen molar-refractivity contribution in [2.45, 2.75) is 25.9 Å². The molecule has 1 fully saturated rings. The number of alkyl halides is 3. The van der Waals surface area contributed by atoms with Crippen molar-refractivity contribution in [3.8, 4) is 5.75 Å². The van der Waals surface area contributed by atoms with Crippen LogP contribution in [0.1, 0.15) is 18.5 Å². The van der Waals surface area contributed by atoms with Crippen molar-refractivity contribution >= 4 is 28.8 Å². The van der Waals surface area contributed by atoms with Crippen LogP contribution >= 0.6 is 0 Å². The van der Waals surface area contributed by atoms with Crippen LogP contribution in [0.3, 0.4) is 0 Å². The molecule has 0 radical (unpaired) electrons. The first-order valence-electron chi connectivity index (χ1n) is 9.42. The van der Waals surface area contributed by atoms with Crippen LogP contribution in [0.4, 0.5) is 36.1 Å². The number of amides is 1. The highest BCUT2D eigenvalue weighted by Gasteiger charge is 2.41. The minimum absolute atomic E-state index is 0.0171. The fourth-order valence-corrected chi connectivity index (χ4v) is 3.60. The number of benzene rings is 1. The molecule has 2 N–H and O–H groups in total. The third-order valence-electron chi connectivity index (χ3n) is 5.25. The number of piperidine rings is 1. The van der Waals surface area contributed by atoms with Gasteiger partial charge in [-0.05, 0) is 44.0 Å². The molecule has 0 unspecified atom stereocenters. The SMILES string of the molecule is Cc1nc(N2CCC(C(F)(F)F)CC2)ccc1Nc1ccc2c(c1)OCC(=O)N2. The molecule has 6 nitrogen and oxygen atoms in total. The van der Waals surface area contributed by atoms with Crippen molar-refractivity contribution in [3.05, 3.63) is 36.0 Å². The van der Waals surface area contributed by atoms with Crippen LogP contribution in [0.2, 0.25) is 0 Å². The van der Waals surface area contributed by atoms with Gasteiger partial charge in [-0.1, -0.05) is 0 Å². The van der Waals surface area contributed by atoms with Gasteiger partial charge in [-0.3, -0.25) is 4.79 Å². The molecule has 2 aliphatic heterocycles. The van der Waals surface area contributed by atoms with Gasteiger partial charge in [0.2, 0.25) is 0 Å². The van der Waals surface area contributed by atoms with Gasteiger partial charge < -0.3 is 20.3 Å². The number of nitrogens with zero attached hydrogens (tertiary/aromatic N) is 2. The smallest absolute Gasteiger partial charge is 0.391 e. The Hall–Kier alpha value is -2.97. The maximum Gasteiger partial charge on any atom is 0.391 e. The zero-order chi connectivity index (χ0) is 20.6. The van der Waals surface area contributed by atoms with Crippen LogP contribution in [-0.4, -0.2) is 36.8 Å². The second-order valence-electron chi connectivity index (χ2n) is 7.28. The molecule has 2 aliphatic rings. The number of aromatic nitrogens is 1. The van der Waals surface area contributed by atoms with Gasteiger partial charge in [0.1, 0.15) is 11.6 Å². The number of nitrogens with one attached hydrogen (secondary N) is 2. The standard InChI is InChI=1S/C20H21F3N4O2/c1-12-15(25-14-2-3-16-17(10-14)29-11-19(28)26-16)4-5-18(24-12)27-8-6-13(7-9-27)20(21,22)23/h2-5,10,13,25H,6-9,11H2,1H3,(H,26,28). The lowest BCUT2D eigenvalue weighted by atomic mass is 9.96. The Balaban J connectivity index is 1.44. The molecule has 0 spiro atoms. The van der Waals surface area contributed by atoms with Crippen LogP contribution < -0.4 is 20.3 Å². The van der Waals surface area contributed by atoms with E-state index in [9.17, 15) is 18.0 Å². The summed E-state index contributed by atoms with van der Waals surface area (Å²) in [6, 6.07) is 9.07. The average Bonchev–Trinajstić information content (AvgIpc) is 2.69. The summed E-state index contributed by atoms with van der Waals surface area (Å²) >= 11 is 0. The molecule has 154 valence electrons. The van der Waals surface area contributed by atoms with E-state index in [0.717, 1.165) is 17.1 Å². The molecule has 9 heteroatoms. The van der Waals surface area contributed by atoms with Crippen LogP contribution in [0.25, 0.3) is 0 Å². The van der Waals surface area contributed by atoms with Gasteiger partial charge in [-0.2, -0.15) is 13.2 Å². The normalized spacial score (nSPS) is 17.4. The van der Waals surface area contributed by atoms with Crippen molar-refractivity contribution in [1.82, 2.24) is 4.98 Å². The van der Waals surface area contributed by atoms with E-state index in [1.54, 1.807) is 12.1 Å². The number of anilines is 4. The summed E-state index contributed by atoms with van der Waals surface area (Å²) in [5, 5.41) is 6.01. The van der Waals surface area contributed by atoms with Crippen LogP contribution in [0.15, 0.2) is 30.3 Å². The molecule has 4 rings (SSSR count). The summed E-state index contributed by atoms with van der Waals surface area (Å²) < 4.78 is 44.0. The second-order valence-corrected chi connectivity index (χ2v) is 7.28. The number of carbonyl (C=O) groups is 1. The molecule has 3 heterocycles. The fraction of sp³-hybridized carbons (Fsp3) is 0.400. The van der Waals surface area contributed by atoms with E-state index in [0.29, 0.717) is 30.3 Å². The third-order valence-corrected chi connectivity index (χ3v) is 5.25. The molecule has 0 bridgehead atoms. The Labute approximate surface area is 166 Å². The van der Waals surface area contributed by atoms with Gasteiger partial charge in [-0.15, -0.1) is 0 Å². The zero-order valence-electron chi connectivity index (χ0n) is 15.8. The van der Waals surface area contributed by atoms with Gasteiger partial charge >= 0.3 is 6.18 Å². The van der Waals surface area contributed by atoms with Gasteiger partial charge in [0, 0.05) is 24.8 Å². The molecule has 0 atom stereocenters. The Morgan fingerprint density at radius 3 is 2.66 bits per heavy atom. The van der Waals surface area contributed by atoms with Crippen LogP contribution in [-0.2, 0) is 4.79 Å². The lowest BCUT2D eigenvalue weighted by molar-refractivity contribution is -0.179. The summed E-state index contributed by atoms with van der Waals surface area (Å²) in [6.45, 7) is 2.52. The number of rotatable bonds is 3. The molecule has 1 aromatic carbocycles. The lowest BCUT2D eigenvalue weighted by Gasteiger charge is -2.33. The summed E-state index contributed by atoms with van der Waals surface area (Å²) in [6.07, 6.45) is -3.93. The number of hydrogen-bond acceptors (Lipinski definition) is 5. The monoisotopic (exact) mass is 406 g/mol. The Morgan fingerprint density at radius 2 is 1.97 bits per heavy atom. The Morgan fingerprint density at radius 1 is 1.21 bits per heavy atom. The molecule has 0 saturated carbocycles. The van der Waals surface area contributed by atoms with Crippen LogP contribution in [0, 0.1) is 12.8 Å². The molecule has 1 saturated heterocycles. The number of halogens is 3. The number of aryl methyl sites for hydroxylation is 1. The highest BCUT2D eigenvalue weighted by Crippen LogP contribution is 2.36. The van der Waals surface area contributed by atoms with Crippen molar-refractivity contribution in [1.29, 1.82) is 0 Å². The number of carbonyl (C=O) groups excluding carboxylic acids is 1. The first-order valence-corrected chi connectivity index (χ1v) is 9.42. The molecule has 29 heavy (non-hydrogen) atoms. The van der Waals surface area contributed by atoms with E-state index in [1.807, 2.05) is 30.0 Å². The predicted molar refractivity (Wildman–Crippen MR) is 104 cm³/mol. The fourth-order valence-electron chi connectivity index (χ4n) is 3.60. The summed E-state index contributed by atoms with van der Waals surface area (Å²) in [5.41, 5.74) is 2.94. The maximum atomic E-state index is 12.8. The quantitative estimate of drug-likeness (QED) is 0.798. The lowest BCUT2D eigenvalue weighted by Crippen LogP contribution is -2.39. The number of fused-ring (bicyclic) bond motifs is 1. The van der Waals surface area contributed by atoms with E-state index >= 15 is 0 Å². The number of ether oxygens (including phenoxy) is 1. The van der Waals surface area contributed by atoms with Crippen molar-refractivity contribution in [2.75, 3.05) is 35.2 Å². The van der Waals surface area contributed by atoms with Gasteiger partial charge in [0.15, 0.2) is 6.61 Å². The summed E-state index contributed by atoms with van der Waals surface area (Å²) in [7, 11) is 0. The van der Waals surface area contributed by atoms with Crippen molar-refractivity contribution < 1.29 is 22.7 Å². The van der Waals surface area contributed by atoms with E-state index in [2.05, 4.69) is 15.6 Å². The topological polar surface area (TPSA) is 66.5 Å². The maximum absolute atomic E-state index is 12.8. The molecular formula is C20H21F3N4O2. The van der Waals surface area contributed by atoms with Crippen molar-refractivity contribution in [3.63, 3.8) is 0 Å². The van der Waals surface area contributed by atoms with Crippen molar-refractivity contribution in [2.24, 2.45) is 5.92 Å². The molecule has 2 aromatic rings. The van der Waals surface area contributed by atoms with E-state index in [1.165, 1.54) is 0 Å². The Kier molecular flexibility index (Phi) is 4.97. The first kappa shape index (κ1) is 19.4. The van der Waals surface area contributed by atoms with Gasteiger partial charge in [-0.25, -0.2) is 4.98 Å². The van der Waals surface area contributed by atoms with E-state index in [-0.39, 0.29) is 25.4 Å². The highest BCUT2D eigenvalue weighted by atomic mass is 19.4. The number of pyridine rings is 1. The van der Waals surface area contributed by atoms with Crippen LogP contribution in [0.5, 0.6) is 5.75 Å². The second kappa shape index (κ2) is 7.46. The van der Waals surface area contributed by atoms with E-state index in [4.69, 9.17) is 4.74 Å². The highest BCUT2D eigenvalue weighted by molar-refractivity contribution is 5.95. The molecular weight excluding hydrogens is 385 g/mol. The minimum Gasteiger partial charge on any atom is -0.482 e. The Bertz CT molecular complexity index is 924. The average molecular weight is 406 g/mol. The predicted octanol–water partition coefficient (Wildman–Crippen LogP) is 4.24. The largest absolute Gasteiger partial charge is 0.482 e. The molecule has 0 aliphatic carbocycles. The first-order chi connectivity index (χ1) is 13.8. The summed E-state index contributed by atoms with van der Waals surface area (Å²) in [4.78, 5) is 17.8. The summed E-state index contributed by atoms with van der Waals surface area (Å²) in [5.74, 6) is -0.139. The van der Waals surface area contributed by atoms with E-state index < -0.39 is 12.1 Å². The van der Waals surface area contributed by atoms with Gasteiger partial charge in [0.25, 0.3) is 5.91 Å². The minimum atomic E-state index is -4.12. The molecule has 1 amide bonds. The third kappa shape index (κ3) is 4.23. The zero-order valence-corrected chi connectivity index (χ0v) is 15.8. The molecule has 1 aromatic heterocycles. The van der Waals surface area contributed by atoms with Gasteiger partial charge in [0.05, 0.1) is 23.0 Å². The number of hydrogen-bond donors (Lipinski definition) is 2.